The lowest BCUT2D eigenvalue weighted by Crippen LogP contribution is -2.50. The monoisotopic (exact) mass is 624 g/mol. The molecular weight excluding hydrogens is 580 g/mol. The van der Waals surface area contributed by atoms with Crippen LogP contribution in [0, 0.1) is 5.41 Å². The molecule has 2 aromatic carbocycles. The summed E-state index contributed by atoms with van der Waals surface area (Å²) < 4.78 is 28.3. The van der Waals surface area contributed by atoms with Crippen LogP contribution in [0.1, 0.15) is 56.5 Å². The highest BCUT2D eigenvalue weighted by Crippen LogP contribution is 2.40. The van der Waals surface area contributed by atoms with E-state index in [2.05, 4.69) is 45.8 Å². The molecule has 0 spiro atoms. The van der Waals surface area contributed by atoms with Crippen molar-refractivity contribution in [3.05, 3.63) is 77.7 Å². The van der Waals surface area contributed by atoms with E-state index in [-0.39, 0.29) is 41.6 Å². The summed E-state index contributed by atoms with van der Waals surface area (Å²) in [5.41, 5.74) is 1.64. The van der Waals surface area contributed by atoms with E-state index >= 15 is 0 Å². The quantitative estimate of drug-likeness (QED) is 0.163. The molecular formula is C33H44N2O8Si. The molecule has 2 aromatic rings. The Morgan fingerprint density at radius 1 is 1.09 bits per heavy atom. The molecule has 0 fully saturated rings. The molecule has 10 nitrogen and oxygen atoms in total. The van der Waals surface area contributed by atoms with Crippen LogP contribution >= 0.6 is 0 Å². The Kier molecular flexibility index (Phi) is 11.8. The summed E-state index contributed by atoms with van der Waals surface area (Å²) in [5.74, 6) is -0.0164. The van der Waals surface area contributed by atoms with E-state index in [1.54, 1.807) is 18.0 Å². The maximum Gasteiger partial charge on any atom is 0.416 e. The number of esters is 1. The van der Waals surface area contributed by atoms with Gasteiger partial charge in [-0.3, -0.25) is 14.9 Å². The topological polar surface area (TPSA) is 113 Å². The Labute approximate surface area is 261 Å². The van der Waals surface area contributed by atoms with E-state index in [1.807, 2.05) is 30.3 Å². The van der Waals surface area contributed by atoms with Crippen LogP contribution in [-0.4, -0.2) is 58.3 Å². The first-order chi connectivity index (χ1) is 20.7. The van der Waals surface area contributed by atoms with Crippen LogP contribution in [0.3, 0.4) is 0 Å². The average Bonchev–Trinajstić information content (AvgIpc) is 3.36. The fourth-order valence-corrected chi connectivity index (χ4v) is 6.17. The van der Waals surface area contributed by atoms with Crippen molar-refractivity contribution < 1.29 is 37.8 Å². The van der Waals surface area contributed by atoms with Crippen LogP contribution in [0.25, 0.3) is 0 Å². The fourth-order valence-electron chi connectivity index (χ4n) is 5.00. The first-order valence-electron chi connectivity index (χ1n) is 14.5. The Hall–Kier alpha value is -4.09. The highest BCUT2D eigenvalue weighted by Gasteiger charge is 2.43. The molecule has 0 aromatic heterocycles. The van der Waals surface area contributed by atoms with Gasteiger partial charge in [-0.05, 0) is 49.1 Å². The lowest BCUT2D eigenvalue weighted by atomic mass is 9.83. The largest absolute Gasteiger partial charge is 0.493 e. The third-order valence-corrected chi connectivity index (χ3v) is 7.72. The van der Waals surface area contributed by atoms with E-state index in [1.165, 1.54) is 26.4 Å². The Morgan fingerprint density at radius 2 is 1.77 bits per heavy atom. The smallest absolute Gasteiger partial charge is 0.416 e. The third-order valence-electron chi connectivity index (χ3n) is 6.88. The number of nitrogens with zero attached hydrogens (tertiary/aromatic N) is 1. The van der Waals surface area contributed by atoms with Crippen molar-refractivity contribution in [2.75, 3.05) is 19.5 Å². The van der Waals surface area contributed by atoms with E-state index < -0.39 is 33.1 Å². The highest BCUT2D eigenvalue weighted by molar-refractivity contribution is 6.48. The Morgan fingerprint density at radius 3 is 2.34 bits per heavy atom. The summed E-state index contributed by atoms with van der Waals surface area (Å²) in [6.45, 7) is 15.8. The number of rotatable bonds is 12. The van der Waals surface area contributed by atoms with Gasteiger partial charge in [-0.2, -0.15) is 0 Å². The molecule has 1 aliphatic heterocycles. The van der Waals surface area contributed by atoms with Crippen LogP contribution in [-0.2, 0) is 25.3 Å². The second-order valence-electron chi connectivity index (χ2n) is 12.0. The number of ether oxygens (including phenoxy) is 4. The van der Waals surface area contributed by atoms with Crippen molar-refractivity contribution in [2.45, 2.75) is 72.4 Å². The highest BCUT2D eigenvalue weighted by atomic mass is 28.3. The van der Waals surface area contributed by atoms with Crippen molar-refractivity contribution in [1.29, 1.82) is 0 Å². The average molecular weight is 625 g/mol. The molecule has 1 heterocycles. The van der Waals surface area contributed by atoms with Crippen LogP contribution in [0.2, 0.25) is 13.1 Å². The van der Waals surface area contributed by atoms with Gasteiger partial charge in [0.2, 0.25) is 0 Å². The summed E-state index contributed by atoms with van der Waals surface area (Å²) in [6, 6.07) is 12.2. The minimum atomic E-state index is -1.54. The van der Waals surface area contributed by atoms with Gasteiger partial charge in [-0.1, -0.05) is 57.7 Å². The number of carbonyl (C=O) groups excluding carboxylic acids is 3. The molecule has 0 saturated heterocycles. The number of allylic oxidation sites excluding steroid dienone is 1. The summed E-state index contributed by atoms with van der Waals surface area (Å²) in [4.78, 5) is 41.0. The molecule has 2 amide bonds. The molecule has 1 N–H and O–H groups in total. The first-order valence-corrected chi connectivity index (χ1v) is 17.3. The molecule has 2 atom stereocenters. The van der Waals surface area contributed by atoms with Gasteiger partial charge in [0.05, 0.1) is 49.8 Å². The van der Waals surface area contributed by atoms with Crippen molar-refractivity contribution in [3.8, 4) is 11.5 Å². The summed E-state index contributed by atoms with van der Waals surface area (Å²) in [5, 5.41) is 2.67. The van der Waals surface area contributed by atoms with Gasteiger partial charge < -0.3 is 28.3 Å². The molecule has 0 bridgehead atoms. The van der Waals surface area contributed by atoms with Gasteiger partial charge in [0.1, 0.15) is 6.61 Å². The van der Waals surface area contributed by atoms with Crippen molar-refractivity contribution in [2.24, 2.45) is 5.41 Å². The zero-order chi connectivity index (χ0) is 32.6. The number of carbonyl (C=O) groups is 3. The lowest BCUT2D eigenvalue weighted by molar-refractivity contribution is -0.139. The summed E-state index contributed by atoms with van der Waals surface area (Å²) >= 11 is 0. The summed E-state index contributed by atoms with van der Waals surface area (Å²) in [6.07, 6.45) is 1.02. The van der Waals surface area contributed by atoms with Gasteiger partial charge in [0, 0.05) is 12.3 Å². The molecule has 11 heteroatoms. The molecule has 0 aliphatic carbocycles. The predicted molar refractivity (Wildman–Crippen MR) is 171 cm³/mol. The minimum absolute atomic E-state index is 0.0401. The van der Waals surface area contributed by atoms with Crippen molar-refractivity contribution in [1.82, 2.24) is 4.90 Å². The summed E-state index contributed by atoms with van der Waals surface area (Å²) in [7, 11) is 1.27. The van der Waals surface area contributed by atoms with E-state index in [9.17, 15) is 14.4 Å². The molecule has 0 saturated carbocycles. The van der Waals surface area contributed by atoms with Crippen LogP contribution < -0.4 is 14.8 Å². The molecule has 3 rings (SSSR count). The van der Waals surface area contributed by atoms with Crippen LogP contribution in [0.5, 0.6) is 11.5 Å². The molecule has 1 aliphatic rings. The second kappa shape index (κ2) is 15.1. The first kappa shape index (κ1) is 34.4. The zero-order valence-electron chi connectivity index (χ0n) is 26.9. The Bertz CT molecular complexity index is 1380. The number of hydrogen-bond acceptors (Lipinski definition) is 8. The van der Waals surface area contributed by atoms with Gasteiger partial charge in [0.15, 0.2) is 20.5 Å². The normalized spacial score (nSPS) is 15.3. The molecule has 44 heavy (non-hydrogen) atoms. The lowest BCUT2D eigenvalue weighted by Gasteiger charge is -2.40. The van der Waals surface area contributed by atoms with Crippen molar-refractivity contribution in [3.63, 3.8) is 0 Å². The van der Waals surface area contributed by atoms with Crippen LogP contribution in [0.4, 0.5) is 10.5 Å². The molecule has 0 radical (unpaired) electrons. The Balaban J connectivity index is 2.11. The van der Waals surface area contributed by atoms with E-state index in [4.69, 9.17) is 23.4 Å². The number of methoxy groups -OCH3 is 2. The van der Waals surface area contributed by atoms with Crippen LogP contribution in [0.15, 0.2) is 66.6 Å². The molecule has 238 valence electrons. The standard InChI is InChI=1S/C33H44N2O8Si/c1-21(2)42-32(38)34-25-18-28(41-20-22-13-11-10-12-14-22)27(39-6)17-24(25)31(37)35-19-23(16-29(36)40-7)15-26(35)30(33(3,4)5)43-44(8)9/h10-14,17-19,26,30,44H,1,15-16,20H2,2-9H3,(H,34,38)/t26-,30?/m0/s1. The number of amides is 2. The maximum atomic E-state index is 14.5. The second-order valence-corrected chi connectivity index (χ2v) is 14.4. The van der Waals surface area contributed by atoms with Gasteiger partial charge in [0.25, 0.3) is 5.91 Å². The van der Waals surface area contributed by atoms with Gasteiger partial charge in [-0.15, -0.1) is 0 Å². The van der Waals surface area contributed by atoms with Gasteiger partial charge >= 0.3 is 12.1 Å². The number of anilines is 1. The number of hydrogen-bond donors (Lipinski definition) is 1. The number of nitrogens with one attached hydrogen (secondary N) is 1. The predicted octanol–water partition coefficient (Wildman–Crippen LogP) is 6.43. The third kappa shape index (κ3) is 9.20. The zero-order valence-corrected chi connectivity index (χ0v) is 28.0. The molecule has 1 unspecified atom stereocenters. The maximum absolute atomic E-state index is 14.5. The fraction of sp³-hybridized carbons (Fsp3) is 0.424. The van der Waals surface area contributed by atoms with E-state index in [0.29, 0.717) is 17.9 Å². The van der Waals surface area contributed by atoms with E-state index in [0.717, 1.165) is 11.1 Å². The van der Waals surface area contributed by atoms with Crippen molar-refractivity contribution >= 4 is 32.7 Å². The van der Waals surface area contributed by atoms with Gasteiger partial charge in [-0.25, -0.2) is 4.79 Å². The minimum Gasteiger partial charge on any atom is -0.493 e. The number of benzene rings is 2. The SMILES string of the molecule is C=C(C)OC(=O)Nc1cc(OCc2ccccc2)c(OC)cc1C(=O)N1C=C(CC(=O)OC)C[C@H]1C(O[SiH](C)C)C(C)(C)C.